The molecule has 3 aromatic rings. The van der Waals surface area contributed by atoms with Gasteiger partial charge in [-0.1, -0.05) is 0 Å². The van der Waals surface area contributed by atoms with Gasteiger partial charge in [-0.25, -0.2) is 9.97 Å². The second kappa shape index (κ2) is 6.67. The van der Waals surface area contributed by atoms with Crippen molar-refractivity contribution in [2.75, 3.05) is 30.3 Å². The van der Waals surface area contributed by atoms with Crippen molar-refractivity contribution in [3.63, 3.8) is 0 Å². The van der Waals surface area contributed by atoms with E-state index < -0.39 is 0 Å². The maximum absolute atomic E-state index is 6.22. The number of rotatable bonds is 5. The van der Waals surface area contributed by atoms with Gasteiger partial charge in [0.1, 0.15) is 17.8 Å². The highest BCUT2D eigenvalue weighted by Gasteiger charge is 2.14. The number of nitrogens with zero attached hydrogens (tertiary/aromatic N) is 2. The molecule has 0 fully saturated rings. The molecule has 26 heavy (non-hydrogen) atoms. The average Bonchev–Trinajstić information content (AvgIpc) is 3.13. The molecule has 2 heterocycles. The van der Waals surface area contributed by atoms with Crippen LogP contribution in [-0.2, 0) is 0 Å². The van der Waals surface area contributed by atoms with E-state index in [1.165, 1.54) is 6.33 Å². The predicted octanol–water partition coefficient (Wildman–Crippen LogP) is 3.28. The molecule has 1 aliphatic rings. The molecule has 2 aromatic carbocycles. The number of hydrogen-bond acceptors (Lipinski definition) is 8. The van der Waals surface area contributed by atoms with Crippen molar-refractivity contribution in [1.29, 1.82) is 0 Å². The van der Waals surface area contributed by atoms with E-state index in [9.17, 15) is 0 Å². The minimum Gasteiger partial charge on any atom is -0.497 e. The highest BCUT2D eigenvalue weighted by Crippen LogP contribution is 2.36. The van der Waals surface area contributed by atoms with Crippen LogP contribution in [0.1, 0.15) is 0 Å². The van der Waals surface area contributed by atoms with Gasteiger partial charge in [-0.15, -0.1) is 0 Å². The number of ether oxygens (including phenoxy) is 3. The molecule has 0 spiro atoms. The lowest BCUT2D eigenvalue weighted by Crippen LogP contribution is -2.05. The lowest BCUT2D eigenvalue weighted by atomic mass is 10.2. The van der Waals surface area contributed by atoms with Crippen molar-refractivity contribution in [3.8, 4) is 17.2 Å². The third-order valence-electron chi connectivity index (χ3n) is 3.87. The van der Waals surface area contributed by atoms with Gasteiger partial charge in [0, 0.05) is 17.4 Å². The van der Waals surface area contributed by atoms with Crippen molar-refractivity contribution < 1.29 is 14.2 Å². The number of nitrogen functional groups attached to an aromatic ring is 1. The zero-order valence-electron chi connectivity index (χ0n) is 14.0. The molecule has 8 nitrogen and oxygen atoms in total. The van der Waals surface area contributed by atoms with Crippen LogP contribution in [0.4, 0.5) is 28.7 Å². The minimum atomic E-state index is 0.227. The molecule has 0 bridgehead atoms. The summed E-state index contributed by atoms with van der Waals surface area (Å²) < 4.78 is 15.8. The Bertz CT molecular complexity index is 931. The number of hydrogen-bond donors (Lipinski definition) is 3. The maximum Gasteiger partial charge on any atom is 0.231 e. The maximum atomic E-state index is 6.22. The molecule has 8 heteroatoms. The van der Waals surface area contributed by atoms with Crippen LogP contribution < -0.4 is 30.6 Å². The molecule has 0 saturated carbocycles. The summed E-state index contributed by atoms with van der Waals surface area (Å²) in [7, 11) is 1.62. The molecule has 0 aliphatic carbocycles. The van der Waals surface area contributed by atoms with Gasteiger partial charge in [-0.3, -0.25) is 0 Å². The van der Waals surface area contributed by atoms with Crippen LogP contribution in [-0.4, -0.2) is 23.9 Å². The molecule has 1 aliphatic heterocycles. The van der Waals surface area contributed by atoms with Gasteiger partial charge in [0.2, 0.25) is 6.79 Å². The second-order valence-electron chi connectivity index (χ2n) is 5.53. The third kappa shape index (κ3) is 3.12. The van der Waals surface area contributed by atoms with Crippen molar-refractivity contribution in [2.24, 2.45) is 0 Å². The Balaban J connectivity index is 1.55. The summed E-state index contributed by atoms with van der Waals surface area (Å²) in [6.07, 6.45) is 1.44. The van der Waals surface area contributed by atoms with Gasteiger partial charge >= 0.3 is 0 Å². The predicted molar refractivity (Wildman–Crippen MR) is 98.6 cm³/mol. The summed E-state index contributed by atoms with van der Waals surface area (Å²) in [5.74, 6) is 3.17. The molecule has 4 N–H and O–H groups in total. The number of nitrogens with one attached hydrogen (secondary N) is 2. The van der Waals surface area contributed by atoms with Crippen LogP contribution >= 0.6 is 0 Å². The van der Waals surface area contributed by atoms with Crippen LogP contribution in [0.2, 0.25) is 0 Å². The van der Waals surface area contributed by atoms with Crippen molar-refractivity contribution in [1.82, 2.24) is 9.97 Å². The van der Waals surface area contributed by atoms with E-state index in [0.717, 1.165) is 17.1 Å². The highest BCUT2D eigenvalue weighted by molar-refractivity contribution is 5.80. The topological polar surface area (TPSA) is 104 Å². The Hall–Kier alpha value is -3.68. The van der Waals surface area contributed by atoms with E-state index >= 15 is 0 Å². The lowest BCUT2D eigenvalue weighted by Gasteiger charge is -2.13. The monoisotopic (exact) mass is 351 g/mol. The van der Waals surface area contributed by atoms with Crippen LogP contribution in [0.15, 0.2) is 48.8 Å². The normalized spacial score (nSPS) is 11.9. The quantitative estimate of drug-likeness (QED) is 0.643. The SMILES string of the molecule is COc1ccc(Nc2ncnc(Nc3ccc4c(c3)OCO4)c2N)cc1. The summed E-state index contributed by atoms with van der Waals surface area (Å²) >= 11 is 0. The van der Waals surface area contributed by atoms with Gasteiger partial charge in [-0.2, -0.15) is 0 Å². The van der Waals surface area contributed by atoms with Crippen molar-refractivity contribution in [3.05, 3.63) is 48.8 Å². The average molecular weight is 351 g/mol. The summed E-state index contributed by atoms with van der Waals surface area (Å²) in [6, 6.07) is 13.0. The fourth-order valence-corrected chi connectivity index (χ4v) is 2.52. The first-order valence-electron chi connectivity index (χ1n) is 7.91. The Morgan fingerprint density at radius 1 is 0.923 bits per heavy atom. The molecule has 4 rings (SSSR count). The molecular weight excluding hydrogens is 334 g/mol. The zero-order valence-corrected chi connectivity index (χ0v) is 14.0. The van der Waals surface area contributed by atoms with Crippen LogP contribution in [0.25, 0.3) is 0 Å². The molecule has 1 aromatic heterocycles. The van der Waals surface area contributed by atoms with E-state index in [1.54, 1.807) is 7.11 Å². The number of anilines is 5. The number of aromatic nitrogens is 2. The summed E-state index contributed by atoms with van der Waals surface area (Å²) in [4.78, 5) is 8.43. The summed E-state index contributed by atoms with van der Waals surface area (Å²) in [5, 5.41) is 6.35. The second-order valence-corrected chi connectivity index (χ2v) is 5.53. The van der Waals surface area contributed by atoms with Crippen molar-refractivity contribution >= 4 is 28.7 Å². The Kier molecular flexibility index (Phi) is 4.06. The molecular formula is C18H17N5O3. The summed E-state index contributed by atoms with van der Waals surface area (Å²) in [6.45, 7) is 0.227. The van der Waals surface area contributed by atoms with E-state index in [-0.39, 0.29) is 6.79 Å². The zero-order chi connectivity index (χ0) is 17.9. The standard InChI is InChI=1S/C18H17N5O3/c1-24-13-5-2-11(3-6-13)22-17-16(19)18(21-9-20-17)23-12-4-7-14-15(8-12)26-10-25-14/h2-9H,10,19H2,1H3,(H2,20,21,22,23). The number of fused-ring (bicyclic) bond motifs is 1. The summed E-state index contributed by atoms with van der Waals surface area (Å²) in [5.41, 5.74) is 8.25. The van der Waals surface area contributed by atoms with Gasteiger partial charge < -0.3 is 30.6 Å². The molecule has 0 saturated heterocycles. The number of nitrogens with two attached hydrogens (primary N) is 1. The van der Waals surface area contributed by atoms with Gasteiger partial charge in [0.15, 0.2) is 23.1 Å². The molecule has 132 valence electrons. The van der Waals surface area contributed by atoms with E-state index in [1.807, 2.05) is 42.5 Å². The molecule has 0 amide bonds. The smallest absolute Gasteiger partial charge is 0.231 e. The first kappa shape index (κ1) is 15.8. The fourth-order valence-electron chi connectivity index (χ4n) is 2.52. The van der Waals surface area contributed by atoms with E-state index in [4.69, 9.17) is 19.9 Å². The van der Waals surface area contributed by atoms with Crippen LogP contribution in [0.3, 0.4) is 0 Å². The van der Waals surface area contributed by atoms with E-state index in [0.29, 0.717) is 28.8 Å². The molecule has 0 radical (unpaired) electrons. The first-order valence-corrected chi connectivity index (χ1v) is 7.91. The number of benzene rings is 2. The Morgan fingerprint density at radius 3 is 2.31 bits per heavy atom. The minimum absolute atomic E-state index is 0.227. The van der Waals surface area contributed by atoms with E-state index in [2.05, 4.69) is 20.6 Å². The Labute approximate surface area is 149 Å². The van der Waals surface area contributed by atoms with Crippen molar-refractivity contribution in [2.45, 2.75) is 0 Å². The van der Waals surface area contributed by atoms with Gasteiger partial charge in [0.25, 0.3) is 0 Å². The Morgan fingerprint density at radius 2 is 1.58 bits per heavy atom. The third-order valence-corrected chi connectivity index (χ3v) is 3.87. The lowest BCUT2D eigenvalue weighted by molar-refractivity contribution is 0.174. The highest BCUT2D eigenvalue weighted by atomic mass is 16.7. The molecule has 0 unspecified atom stereocenters. The van der Waals surface area contributed by atoms with Gasteiger partial charge in [0.05, 0.1) is 7.11 Å². The molecule has 0 atom stereocenters. The fraction of sp³-hybridized carbons (Fsp3) is 0.111. The van der Waals surface area contributed by atoms with Gasteiger partial charge in [-0.05, 0) is 36.4 Å². The first-order chi connectivity index (χ1) is 12.7. The largest absolute Gasteiger partial charge is 0.497 e. The van der Waals surface area contributed by atoms with Crippen LogP contribution in [0, 0.1) is 0 Å². The number of methoxy groups -OCH3 is 1. The van der Waals surface area contributed by atoms with Crippen LogP contribution in [0.5, 0.6) is 17.2 Å².